The quantitative estimate of drug-likeness (QED) is 0.577. The summed E-state index contributed by atoms with van der Waals surface area (Å²) in [4.78, 5) is 5.36. The molecule has 0 aromatic carbocycles. The lowest BCUT2D eigenvalue weighted by Gasteiger charge is -2.09. The van der Waals surface area contributed by atoms with Crippen LogP contribution >= 0.6 is 0 Å². The maximum Gasteiger partial charge on any atom is 0.146 e. The van der Waals surface area contributed by atoms with Crippen molar-refractivity contribution in [1.82, 2.24) is 0 Å². The predicted octanol–water partition coefficient (Wildman–Crippen LogP) is 2.73. The van der Waals surface area contributed by atoms with E-state index in [1.807, 2.05) is 6.21 Å². The highest BCUT2D eigenvalue weighted by Gasteiger charge is 2.59. The number of hydrogen-bond acceptors (Lipinski definition) is 2. The van der Waals surface area contributed by atoms with Gasteiger partial charge in [-0.2, -0.15) is 0 Å². The molecule has 1 aliphatic heterocycles. The number of unbranched alkanes of at least 4 members (excludes halogenated alkanes) is 3. The molecule has 0 saturated heterocycles. The smallest absolute Gasteiger partial charge is 0.146 e. The van der Waals surface area contributed by atoms with Gasteiger partial charge in [0.05, 0.1) is 6.21 Å². The Morgan fingerprint density at radius 2 is 2.42 bits per heavy atom. The third kappa shape index (κ3) is 1.35. The van der Waals surface area contributed by atoms with Gasteiger partial charge in [0.2, 0.25) is 0 Å². The SMILES string of the molecule is CCCCCCC12CC1C=NO2. The highest BCUT2D eigenvalue weighted by molar-refractivity contribution is 5.68. The Balaban J connectivity index is 1.62. The summed E-state index contributed by atoms with van der Waals surface area (Å²) >= 11 is 0. The molecule has 2 aliphatic rings. The molecule has 2 nitrogen and oxygen atoms in total. The van der Waals surface area contributed by atoms with Crippen molar-refractivity contribution >= 4 is 6.21 Å². The van der Waals surface area contributed by atoms with Crippen molar-refractivity contribution < 1.29 is 4.84 Å². The molecule has 0 spiro atoms. The fourth-order valence-electron chi connectivity index (χ4n) is 2.00. The molecule has 0 amide bonds. The molecule has 1 saturated carbocycles. The molecule has 1 aliphatic carbocycles. The summed E-state index contributed by atoms with van der Waals surface area (Å²) in [6, 6.07) is 0. The average Bonchev–Trinajstić information content (AvgIpc) is 2.64. The maximum absolute atomic E-state index is 5.36. The molecule has 0 bridgehead atoms. The molecule has 2 rings (SSSR count). The average molecular weight is 167 g/mol. The van der Waals surface area contributed by atoms with E-state index in [2.05, 4.69) is 12.1 Å². The molecular formula is C10H17NO. The standard InChI is InChI=1S/C10H17NO/c1-2-3-4-5-6-10-7-9(10)8-11-12-10/h8-9H,2-7H2,1H3. The lowest BCUT2D eigenvalue weighted by molar-refractivity contribution is 0.0388. The van der Waals surface area contributed by atoms with Crippen LogP contribution in [0.1, 0.15) is 45.4 Å². The zero-order valence-electron chi connectivity index (χ0n) is 7.75. The van der Waals surface area contributed by atoms with E-state index in [9.17, 15) is 0 Å². The van der Waals surface area contributed by atoms with Crippen molar-refractivity contribution in [3.05, 3.63) is 0 Å². The Hall–Kier alpha value is -0.530. The van der Waals surface area contributed by atoms with Crippen LogP contribution in [0.4, 0.5) is 0 Å². The van der Waals surface area contributed by atoms with Crippen LogP contribution in [0.2, 0.25) is 0 Å². The molecule has 12 heavy (non-hydrogen) atoms. The van der Waals surface area contributed by atoms with Gasteiger partial charge in [0.15, 0.2) is 0 Å². The molecule has 1 fully saturated rings. The Kier molecular flexibility index (Phi) is 2.07. The first-order valence-electron chi connectivity index (χ1n) is 5.09. The minimum absolute atomic E-state index is 0.188. The highest BCUT2D eigenvalue weighted by atomic mass is 16.7. The Morgan fingerprint density at radius 1 is 1.50 bits per heavy atom. The second kappa shape index (κ2) is 3.08. The summed E-state index contributed by atoms with van der Waals surface area (Å²) < 4.78 is 0. The zero-order chi connectivity index (χ0) is 8.44. The number of oxime groups is 1. The van der Waals surface area contributed by atoms with Crippen LogP contribution in [0.15, 0.2) is 5.16 Å². The van der Waals surface area contributed by atoms with Gasteiger partial charge in [-0.1, -0.05) is 31.3 Å². The second-order valence-electron chi connectivity index (χ2n) is 4.03. The maximum atomic E-state index is 5.36. The van der Waals surface area contributed by atoms with E-state index in [0.717, 1.165) is 0 Å². The molecule has 2 atom stereocenters. The normalized spacial score (nSPS) is 36.2. The van der Waals surface area contributed by atoms with Crippen LogP contribution in [-0.4, -0.2) is 11.8 Å². The van der Waals surface area contributed by atoms with Gasteiger partial charge in [-0.15, -0.1) is 0 Å². The summed E-state index contributed by atoms with van der Waals surface area (Å²) in [5.74, 6) is 0.666. The Bertz CT molecular complexity index is 190. The molecule has 0 radical (unpaired) electrons. The van der Waals surface area contributed by atoms with Crippen molar-refractivity contribution in [1.29, 1.82) is 0 Å². The number of hydrogen-bond donors (Lipinski definition) is 0. The molecule has 0 aromatic rings. The zero-order valence-corrected chi connectivity index (χ0v) is 7.75. The fraction of sp³-hybridized carbons (Fsp3) is 0.900. The van der Waals surface area contributed by atoms with Crippen LogP contribution < -0.4 is 0 Å². The molecule has 1 heterocycles. The predicted molar refractivity (Wildman–Crippen MR) is 49.2 cm³/mol. The Labute approximate surface area is 74.0 Å². The van der Waals surface area contributed by atoms with E-state index in [4.69, 9.17) is 4.84 Å². The Morgan fingerprint density at radius 3 is 3.00 bits per heavy atom. The summed E-state index contributed by atoms with van der Waals surface area (Å²) in [5.41, 5.74) is 0.188. The largest absolute Gasteiger partial charge is 0.389 e. The first-order chi connectivity index (χ1) is 5.87. The van der Waals surface area contributed by atoms with Gasteiger partial charge in [0.1, 0.15) is 5.60 Å². The van der Waals surface area contributed by atoms with Gasteiger partial charge in [0, 0.05) is 12.3 Å². The lowest BCUT2D eigenvalue weighted by atomic mass is 10.1. The van der Waals surface area contributed by atoms with E-state index in [-0.39, 0.29) is 5.60 Å². The van der Waals surface area contributed by atoms with Gasteiger partial charge >= 0.3 is 0 Å². The third-order valence-electron chi connectivity index (χ3n) is 3.01. The van der Waals surface area contributed by atoms with Crippen LogP contribution in [0.3, 0.4) is 0 Å². The molecule has 2 unspecified atom stereocenters. The van der Waals surface area contributed by atoms with E-state index < -0.39 is 0 Å². The van der Waals surface area contributed by atoms with Crippen molar-refractivity contribution in [3.8, 4) is 0 Å². The monoisotopic (exact) mass is 167 g/mol. The second-order valence-corrected chi connectivity index (χ2v) is 4.03. The van der Waals surface area contributed by atoms with Crippen molar-refractivity contribution in [2.24, 2.45) is 11.1 Å². The van der Waals surface area contributed by atoms with Crippen LogP contribution in [-0.2, 0) is 4.84 Å². The number of fused-ring (bicyclic) bond motifs is 1. The van der Waals surface area contributed by atoms with Gasteiger partial charge in [-0.05, 0) is 12.8 Å². The minimum atomic E-state index is 0.188. The topological polar surface area (TPSA) is 21.6 Å². The van der Waals surface area contributed by atoms with Crippen molar-refractivity contribution in [3.63, 3.8) is 0 Å². The first-order valence-corrected chi connectivity index (χ1v) is 5.09. The van der Waals surface area contributed by atoms with Crippen molar-refractivity contribution in [2.75, 3.05) is 0 Å². The first kappa shape index (κ1) is 8.09. The van der Waals surface area contributed by atoms with Gasteiger partial charge < -0.3 is 4.84 Å². The van der Waals surface area contributed by atoms with E-state index in [0.29, 0.717) is 5.92 Å². The molecule has 0 aromatic heterocycles. The van der Waals surface area contributed by atoms with Crippen LogP contribution in [0.25, 0.3) is 0 Å². The molecular weight excluding hydrogens is 150 g/mol. The molecule has 2 heteroatoms. The highest BCUT2D eigenvalue weighted by Crippen LogP contribution is 2.52. The minimum Gasteiger partial charge on any atom is -0.389 e. The third-order valence-corrected chi connectivity index (χ3v) is 3.01. The van der Waals surface area contributed by atoms with Gasteiger partial charge in [-0.25, -0.2) is 0 Å². The number of nitrogens with zero attached hydrogens (tertiary/aromatic N) is 1. The lowest BCUT2D eigenvalue weighted by Crippen LogP contribution is -2.10. The van der Waals surface area contributed by atoms with E-state index in [1.54, 1.807) is 0 Å². The molecule has 0 N–H and O–H groups in total. The fourth-order valence-corrected chi connectivity index (χ4v) is 2.00. The summed E-state index contributed by atoms with van der Waals surface area (Å²) in [7, 11) is 0. The van der Waals surface area contributed by atoms with E-state index >= 15 is 0 Å². The van der Waals surface area contributed by atoms with Gasteiger partial charge in [0.25, 0.3) is 0 Å². The number of rotatable bonds is 5. The van der Waals surface area contributed by atoms with Gasteiger partial charge in [-0.3, -0.25) is 0 Å². The van der Waals surface area contributed by atoms with Crippen molar-refractivity contribution in [2.45, 2.75) is 51.0 Å². The van der Waals surface area contributed by atoms with Crippen LogP contribution in [0.5, 0.6) is 0 Å². The summed E-state index contributed by atoms with van der Waals surface area (Å²) in [6.07, 6.45) is 9.76. The molecule has 68 valence electrons. The van der Waals surface area contributed by atoms with E-state index in [1.165, 1.54) is 38.5 Å². The summed E-state index contributed by atoms with van der Waals surface area (Å²) in [5, 5.41) is 3.86. The van der Waals surface area contributed by atoms with Crippen LogP contribution in [0, 0.1) is 5.92 Å². The summed E-state index contributed by atoms with van der Waals surface area (Å²) in [6.45, 7) is 2.24.